The van der Waals surface area contributed by atoms with Crippen LogP contribution in [0.3, 0.4) is 0 Å². The number of amides is 2. The molecular formula is C18H23FN2O2. The highest BCUT2D eigenvalue weighted by atomic mass is 19.1. The van der Waals surface area contributed by atoms with Crippen LogP contribution in [0.25, 0.3) is 0 Å². The van der Waals surface area contributed by atoms with Gasteiger partial charge in [-0.1, -0.05) is 25.3 Å². The first-order valence-electron chi connectivity index (χ1n) is 8.35. The summed E-state index contributed by atoms with van der Waals surface area (Å²) in [6, 6.07) is 5.40. The van der Waals surface area contributed by atoms with Gasteiger partial charge in [0.1, 0.15) is 11.9 Å². The van der Waals surface area contributed by atoms with Crippen LogP contribution < -0.4 is 5.32 Å². The molecule has 0 radical (unpaired) electrons. The molecule has 1 saturated carbocycles. The van der Waals surface area contributed by atoms with Gasteiger partial charge in [-0.05, 0) is 44.9 Å². The van der Waals surface area contributed by atoms with E-state index in [1.54, 1.807) is 17.0 Å². The number of carbonyl (C=O) groups is 2. The van der Waals surface area contributed by atoms with Crippen molar-refractivity contribution >= 4 is 17.5 Å². The zero-order valence-electron chi connectivity index (χ0n) is 13.6. The van der Waals surface area contributed by atoms with E-state index in [0.717, 1.165) is 32.1 Å². The van der Waals surface area contributed by atoms with E-state index >= 15 is 0 Å². The van der Waals surface area contributed by atoms with Gasteiger partial charge in [0.05, 0.1) is 5.41 Å². The Morgan fingerprint density at radius 1 is 1.30 bits per heavy atom. The maximum absolute atomic E-state index is 13.3. The lowest BCUT2D eigenvalue weighted by atomic mass is 9.61. The van der Waals surface area contributed by atoms with Crippen molar-refractivity contribution in [2.75, 3.05) is 5.32 Å². The van der Waals surface area contributed by atoms with Crippen molar-refractivity contribution in [2.24, 2.45) is 5.41 Å². The molecule has 4 nitrogen and oxygen atoms in total. The minimum absolute atomic E-state index is 0.0155. The fourth-order valence-electron chi connectivity index (χ4n) is 4.05. The molecule has 5 heteroatoms. The molecule has 1 aromatic rings. The Kier molecular flexibility index (Phi) is 4.13. The summed E-state index contributed by atoms with van der Waals surface area (Å²) in [5, 5.41) is 2.79. The zero-order valence-corrected chi connectivity index (χ0v) is 13.6. The molecule has 2 fully saturated rings. The molecule has 3 rings (SSSR count). The molecule has 1 heterocycles. The van der Waals surface area contributed by atoms with Crippen LogP contribution in [-0.4, -0.2) is 28.8 Å². The topological polar surface area (TPSA) is 49.4 Å². The minimum atomic E-state index is -0.542. The van der Waals surface area contributed by atoms with Crippen molar-refractivity contribution in [3.05, 3.63) is 30.1 Å². The summed E-state index contributed by atoms with van der Waals surface area (Å²) in [5.41, 5.74) is -0.107. The highest BCUT2D eigenvalue weighted by Crippen LogP contribution is 2.51. The molecule has 1 N–H and O–H groups in total. The summed E-state index contributed by atoms with van der Waals surface area (Å²) in [7, 11) is 0. The van der Waals surface area contributed by atoms with Crippen LogP contribution in [-0.2, 0) is 9.59 Å². The number of halogens is 1. The van der Waals surface area contributed by atoms with Crippen molar-refractivity contribution in [2.45, 2.75) is 58.0 Å². The molecule has 2 amide bonds. The van der Waals surface area contributed by atoms with Gasteiger partial charge in [-0.3, -0.25) is 9.59 Å². The number of nitrogens with one attached hydrogen (secondary N) is 1. The summed E-state index contributed by atoms with van der Waals surface area (Å²) < 4.78 is 13.3. The van der Waals surface area contributed by atoms with E-state index < -0.39 is 11.5 Å². The normalized spacial score (nSPS) is 23.0. The maximum atomic E-state index is 13.3. The van der Waals surface area contributed by atoms with E-state index in [-0.39, 0.29) is 23.7 Å². The Morgan fingerprint density at radius 3 is 2.61 bits per heavy atom. The lowest BCUT2D eigenvalue weighted by molar-refractivity contribution is -0.184. The number of benzene rings is 1. The van der Waals surface area contributed by atoms with Crippen molar-refractivity contribution < 1.29 is 14.0 Å². The second kappa shape index (κ2) is 5.95. The number of likely N-dealkylation sites (tertiary alicyclic amines) is 1. The number of anilines is 1. The summed E-state index contributed by atoms with van der Waals surface area (Å²) >= 11 is 0. The summed E-state index contributed by atoms with van der Waals surface area (Å²) in [6.45, 7) is 3.85. The summed E-state index contributed by atoms with van der Waals surface area (Å²) in [6.07, 6.45) is 4.64. The van der Waals surface area contributed by atoms with Gasteiger partial charge in [0.2, 0.25) is 11.8 Å². The minimum Gasteiger partial charge on any atom is -0.327 e. The Morgan fingerprint density at radius 2 is 2.00 bits per heavy atom. The van der Waals surface area contributed by atoms with Crippen molar-refractivity contribution in [1.29, 1.82) is 0 Å². The molecule has 23 heavy (non-hydrogen) atoms. The van der Waals surface area contributed by atoms with Crippen LogP contribution in [0.5, 0.6) is 0 Å². The van der Waals surface area contributed by atoms with Gasteiger partial charge < -0.3 is 10.2 Å². The Bertz CT molecular complexity index is 623. The van der Waals surface area contributed by atoms with E-state index in [1.165, 1.54) is 12.1 Å². The van der Waals surface area contributed by atoms with Crippen LogP contribution in [0, 0.1) is 11.2 Å². The fraction of sp³-hybridized carbons (Fsp3) is 0.556. The second-order valence-electron chi connectivity index (χ2n) is 6.93. The number of hydrogen-bond acceptors (Lipinski definition) is 2. The first-order chi connectivity index (χ1) is 11.0. The Labute approximate surface area is 136 Å². The van der Waals surface area contributed by atoms with Crippen LogP contribution in [0.4, 0.5) is 10.1 Å². The molecule has 124 valence electrons. The van der Waals surface area contributed by atoms with Gasteiger partial charge >= 0.3 is 0 Å². The van der Waals surface area contributed by atoms with Crippen LogP contribution >= 0.6 is 0 Å². The first-order valence-corrected chi connectivity index (χ1v) is 8.35. The molecule has 0 bridgehead atoms. The van der Waals surface area contributed by atoms with E-state index in [9.17, 15) is 14.0 Å². The van der Waals surface area contributed by atoms with E-state index in [1.807, 2.05) is 13.8 Å². The molecule has 1 saturated heterocycles. The van der Waals surface area contributed by atoms with Gasteiger partial charge in [0, 0.05) is 11.7 Å². The predicted octanol–water partition coefficient (Wildman–Crippen LogP) is 3.33. The third kappa shape index (κ3) is 2.62. The first kappa shape index (κ1) is 16.0. The van der Waals surface area contributed by atoms with Gasteiger partial charge in [-0.25, -0.2) is 4.39 Å². The standard InChI is InChI=1S/C18H23FN2O2/c1-12(2)21-15(18(17(21)23)9-4-3-5-10-18)16(22)20-14-8-6-7-13(19)11-14/h6-8,11-12,15H,3-5,9-10H2,1-2H3,(H,20,22). The average molecular weight is 318 g/mol. The molecule has 1 aliphatic heterocycles. The van der Waals surface area contributed by atoms with Crippen molar-refractivity contribution in [3.63, 3.8) is 0 Å². The van der Waals surface area contributed by atoms with Gasteiger partial charge in [-0.2, -0.15) is 0 Å². The highest BCUT2D eigenvalue weighted by Gasteiger charge is 2.63. The SMILES string of the molecule is CC(C)N1C(=O)C2(CCCCC2)C1C(=O)Nc1cccc(F)c1. The lowest BCUT2D eigenvalue weighted by Gasteiger charge is -2.58. The number of rotatable bonds is 3. The Balaban J connectivity index is 1.84. The third-order valence-electron chi connectivity index (χ3n) is 5.10. The van der Waals surface area contributed by atoms with E-state index in [0.29, 0.717) is 5.69 Å². The highest BCUT2D eigenvalue weighted by molar-refractivity contribution is 6.07. The van der Waals surface area contributed by atoms with Crippen LogP contribution in [0.2, 0.25) is 0 Å². The van der Waals surface area contributed by atoms with Crippen LogP contribution in [0.15, 0.2) is 24.3 Å². The monoisotopic (exact) mass is 318 g/mol. The van der Waals surface area contributed by atoms with Crippen molar-refractivity contribution in [3.8, 4) is 0 Å². The van der Waals surface area contributed by atoms with Gasteiger partial charge in [-0.15, -0.1) is 0 Å². The molecule has 1 aliphatic carbocycles. The smallest absolute Gasteiger partial charge is 0.248 e. The molecular weight excluding hydrogens is 295 g/mol. The lowest BCUT2D eigenvalue weighted by Crippen LogP contribution is -2.74. The zero-order chi connectivity index (χ0) is 16.6. The van der Waals surface area contributed by atoms with E-state index in [4.69, 9.17) is 0 Å². The largest absolute Gasteiger partial charge is 0.327 e. The summed E-state index contributed by atoms with van der Waals surface area (Å²) in [4.78, 5) is 27.2. The number of β-lactam (4-membered cyclic amide) rings is 1. The second-order valence-corrected chi connectivity index (χ2v) is 6.93. The summed E-state index contributed by atoms with van der Waals surface area (Å²) in [5.74, 6) is -0.488. The number of nitrogens with zero attached hydrogens (tertiary/aromatic N) is 1. The third-order valence-corrected chi connectivity index (χ3v) is 5.10. The number of carbonyl (C=O) groups excluding carboxylic acids is 2. The van der Waals surface area contributed by atoms with E-state index in [2.05, 4.69) is 5.32 Å². The fourth-order valence-corrected chi connectivity index (χ4v) is 4.05. The quantitative estimate of drug-likeness (QED) is 0.869. The Hall–Kier alpha value is -1.91. The molecule has 0 aromatic heterocycles. The molecule has 1 atom stereocenters. The molecule has 2 aliphatic rings. The molecule has 1 unspecified atom stereocenters. The maximum Gasteiger partial charge on any atom is 0.248 e. The average Bonchev–Trinajstić information content (AvgIpc) is 2.52. The molecule has 1 spiro atoms. The van der Waals surface area contributed by atoms with Crippen LogP contribution in [0.1, 0.15) is 46.0 Å². The number of hydrogen-bond donors (Lipinski definition) is 1. The van der Waals surface area contributed by atoms with Crippen molar-refractivity contribution in [1.82, 2.24) is 4.90 Å². The van der Waals surface area contributed by atoms with Gasteiger partial charge in [0.25, 0.3) is 0 Å². The molecule has 1 aromatic carbocycles. The van der Waals surface area contributed by atoms with Gasteiger partial charge in [0.15, 0.2) is 0 Å². The predicted molar refractivity (Wildman–Crippen MR) is 86.3 cm³/mol.